The van der Waals surface area contributed by atoms with Crippen LogP contribution in [0, 0.1) is 0 Å². The van der Waals surface area contributed by atoms with E-state index in [-0.39, 0.29) is 10.6 Å². The van der Waals surface area contributed by atoms with Crippen molar-refractivity contribution in [3.63, 3.8) is 0 Å². The number of halogens is 1. The van der Waals surface area contributed by atoms with Crippen molar-refractivity contribution in [2.45, 2.75) is 23.0 Å². The van der Waals surface area contributed by atoms with Gasteiger partial charge in [0.25, 0.3) is 0 Å². The molecule has 1 heterocycles. The largest absolute Gasteiger partial charge is 0.398 e. The molecule has 4 nitrogen and oxygen atoms in total. The third-order valence-electron chi connectivity index (χ3n) is 2.79. The molecule has 7 heteroatoms. The van der Waals surface area contributed by atoms with E-state index in [1.165, 1.54) is 18.2 Å². The van der Waals surface area contributed by atoms with Crippen LogP contribution in [0.15, 0.2) is 23.1 Å². The second-order valence-corrected chi connectivity index (χ2v) is 7.75. The van der Waals surface area contributed by atoms with Gasteiger partial charge in [0.05, 0.1) is 5.69 Å². The Morgan fingerprint density at radius 1 is 1.50 bits per heavy atom. The molecule has 1 saturated heterocycles. The number of rotatable bonds is 4. The monoisotopic (exact) mass is 306 g/mol. The van der Waals surface area contributed by atoms with Gasteiger partial charge in [0.2, 0.25) is 10.0 Å². The molecule has 3 N–H and O–H groups in total. The van der Waals surface area contributed by atoms with Crippen LogP contribution in [0.3, 0.4) is 0 Å². The van der Waals surface area contributed by atoms with Crippen molar-refractivity contribution in [1.29, 1.82) is 0 Å². The van der Waals surface area contributed by atoms with Crippen LogP contribution < -0.4 is 10.5 Å². The zero-order chi connectivity index (χ0) is 13.2. The quantitative estimate of drug-likeness (QED) is 0.836. The van der Waals surface area contributed by atoms with Crippen molar-refractivity contribution in [3.05, 3.63) is 23.2 Å². The Morgan fingerprint density at radius 3 is 2.89 bits per heavy atom. The highest BCUT2D eigenvalue weighted by Gasteiger charge is 2.21. The summed E-state index contributed by atoms with van der Waals surface area (Å²) in [4.78, 5) is 0.0925. The number of sulfonamides is 1. The number of anilines is 1. The fourth-order valence-electron chi connectivity index (χ4n) is 1.85. The Bertz CT molecular complexity index is 528. The van der Waals surface area contributed by atoms with Gasteiger partial charge in [0, 0.05) is 16.8 Å². The molecule has 1 aromatic rings. The SMILES string of the molecule is Nc1cc(Cl)ccc1S(=O)(=O)NCC1CCCS1. The fraction of sp³-hybridized carbons (Fsp3) is 0.455. The van der Waals surface area contributed by atoms with Crippen LogP contribution in [0.5, 0.6) is 0 Å². The van der Waals surface area contributed by atoms with Gasteiger partial charge in [-0.3, -0.25) is 0 Å². The molecule has 1 fully saturated rings. The first-order valence-electron chi connectivity index (χ1n) is 5.65. The highest BCUT2D eigenvalue weighted by molar-refractivity contribution is 8.00. The molecule has 2 rings (SSSR count). The molecule has 0 aromatic heterocycles. The number of nitrogen functional groups attached to an aromatic ring is 1. The molecule has 1 aliphatic rings. The predicted octanol–water partition coefficient (Wildman–Crippen LogP) is 2.10. The van der Waals surface area contributed by atoms with Gasteiger partial charge in [-0.1, -0.05) is 11.6 Å². The number of hydrogen-bond acceptors (Lipinski definition) is 4. The summed E-state index contributed by atoms with van der Waals surface area (Å²) in [5.41, 5.74) is 5.86. The first-order chi connectivity index (χ1) is 8.49. The van der Waals surface area contributed by atoms with Crippen LogP contribution in [0.2, 0.25) is 5.02 Å². The summed E-state index contributed by atoms with van der Waals surface area (Å²) in [7, 11) is -3.54. The Morgan fingerprint density at radius 2 is 2.28 bits per heavy atom. The molecule has 18 heavy (non-hydrogen) atoms. The lowest BCUT2D eigenvalue weighted by atomic mass is 10.2. The van der Waals surface area contributed by atoms with Crippen molar-refractivity contribution in [3.8, 4) is 0 Å². The van der Waals surface area contributed by atoms with E-state index in [0.29, 0.717) is 16.8 Å². The molecule has 0 aliphatic carbocycles. The van der Waals surface area contributed by atoms with Gasteiger partial charge in [-0.2, -0.15) is 11.8 Å². The Kier molecular flexibility index (Phi) is 4.42. The van der Waals surface area contributed by atoms with Crippen molar-refractivity contribution < 1.29 is 8.42 Å². The van der Waals surface area contributed by atoms with E-state index >= 15 is 0 Å². The van der Waals surface area contributed by atoms with Crippen LogP contribution >= 0.6 is 23.4 Å². The van der Waals surface area contributed by atoms with Crippen molar-refractivity contribution in [1.82, 2.24) is 4.72 Å². The van der Waals surface area contributed by atoms with Crippen LogP contribution in [-0.2, 0) is 10.0 Å². The third-order valence-corrected chi connectivity index (χ3v) is 5.92. The lowest BCUT2D eigenvalue weighted by Crippen LogP contribution is -2.30. The van der Waals surface area contributed by atoms with Crippen LogP contribution in [0.1, 0.15) is 12.8 Å². The zero-order valence-electron chi connectivity index (χ0n) is 9.73. The fourth-order valence-corrected chi connectivity index (χ4v) is 4.53. The minimum atomic E-state index is -3.54. The van der Waals surface area contributed by atoms with Crippen LogP contribution in [0.4, 0.5) is 5.69 Å². The maximum atomic E-state index is 12.1. The first kappa shape index (κ1) is 14.0. The summed E-state index contributed by atoms with van der Waals surface area (Å²) in [6, 6.07) is 4.40. The minimum Gasteiger partial charge on any atom is -0.398 e. The Balaban J connectivity index is 2.09. The molecular weight excluding hydrogens is 292 g/mol. The number of hydrogen-bond donors (Lipinski definition) is 2. The van der Waals surface area contributed by atoms with E-state index in [2.05, 4.69) is 4.72 Å². The van der Waals surface area contributed by atoms with E-state index in [4.69, 9.17) is 17.3 Å². The van der Waals surface area contributed by atoms with Gasteiger partial charge in [-0.25, -0.2) is 13.1 Å². The zero-order valence-corrected chi connectivity index (χ0v) is 12.1. The average Bonchev–Trinajstić information content (AvgIpc) is 2.78. The number of nitrogens with one attached hydrogen (secondary N) is 1. The number of thioether (sulfide) groups is 1. The molecule has 1 atom stereocenters. The summed E-state index contributed by atoms with van der Waals surface area (Å²) >= 11 is 7.55. The van der Waals surface area contributed by atoms with E-state index in [0.717, 1.165) is 18.6 Å². The standard InChI is InChI=1S/C11H15ClN2O2S2/c12-8-3-4-11(10(13)6-8)18(15,16)14-7-9-2-1-5-17-9/h3-4,6,9,14H,1-2,5,7,13H2. The Labute approximate surface area is 116 Å². The van der Waals surface area contributed by atoms with E-state index in [1.807, 2.05) is 0 Å². The van der Waals surface area contributed by atoms with Gasteiger partial charge >= 0.3 is 0 Å². The molecule has 0 radical (unpaired) electrons. The molecule has 100 valence electrons. The minimum absolute atomic E-state index is 0.0925. The lowest BCUT2D eigenvalue weighted by molar-refractivity contribution is 0.579. The van der Waals surface area contributed by atoms with Crippen LogP contribution in [-0.4, -0.2) is 26.0 Å². The normalized spacial score (nSPS) is 20.2. The van der Waals surface area contributed by atoms with Crippen molar-refractivity contribution >= 4 is 39.1 Å². The number of nitrogens with two attached hydrogens (primary N) is 1. The summed E-state index contributed by atoms with van der Waals surface area (Å²) in [6.07, 6.45) is 2.21. The van der Waals surface area contributed by atoms with Gasteiger partial charge in [-0.05, 0) is 36.8 Å². The molecular formula is C11H15ClN2O2S2. The molecule has 1 aromatic carbocycles. The van der Waals surface area contributed by atoms with E-state index < -0.39 is 10.0 Å². The summed E-state index contributed by atoms with van der Waals surface area (Å²) in [5.74, 6) is 1.11. The van der Waals surface area contributed by atoms with Crippen LogP contribution in [0.25, 0.3) is 0 Å². The van der Waals surface area contributed by atoms with Gasteiger partial charge < -0.3 is 5.73 Å². The van der Waals surface area contributed by atoms with Crippen molar-refractivity contribution in [2.75, 3.05) is 18.0 Å². The predicted molar refractivity (Wildman–Crippen MR) is 76.5 cm³/mol. The summed E-state index contributed by atoms with van der Waals surface area (Å²) in [6.45, 7) is 0.453. The highest BCUT2D eigenvalue weighted by atomic mass is 35.5. The third kappa shape index (κ3) is 3.32. The smallest absolute Gasteiger partial charge is 0.242 e. The van der Waals surface area contributed by atoms with E-state index in [1.54, 1.807) is 11.8 Å². The second kappa shape index (κ2) is 5.69. The second-order valence-electron chi connectivity index (χ2n) is 4.17. The van der Waals surface area contributed by atoms with Gasteiger partial charge in [0.15, 0.2) is 0 Å². The molecule has 1 unspecified atom stereocenters. The molecule has 1 aliphatic heterocycles. The highest BCUT2D eigenvalue weighted by Crippen LogP contribution is 2.26. The molecule has 0 amide bonds. The van der Waals surface area contributed by atoms with Gasteiger partial charge in [-0.15, -0.1) is 0 Å². The summed E-state index contributed by atoms with van der Waals surface area (Å²) < 4.78 is 26.8. The maximum Gasteiger partial charge on any atom is 0.242 e. The summed E-state index contributed by atoms with van der Waals surface area (Å²) in [5, 5.41) is 0.797. The molecule has 0 bridgehead atoms. The Hall–Kier alpha value is -0.430. The average molecular weight is 307 g/mol. The molecule has 0 saturated carbocycles. The van der Waals surface area contributed by atoms with Crippen molar-refractivity contribution in [2.24, 2.45) is 0 Å². The number of benzene rings is 1. The topological polar surface area (TPSA) is 72.2 Å². The maximum absolute atomic E-state index is 12.1. The molecule has 0 spiro atoms. The first-order valence-corrected chi connectivity index (χ1v) is 8.56. The lowest BCUT2D eigenvalue weighted by Gasteiger charge is -2.12. The van der Waals surface area contributed by atoms with E-state index in [9.17, 15) is 8.42 Å². The van der Waals surface area contributed by atoms with Gasteiger partial charge in [0.1, 0.15) is 4.90 Å².